The van der Waals surface area contributed by atoms with Gasteiger partial charge in [-0.05, 0) is 35.3 Å². The maximum Gasteiger partial charge on any atom is 0.0459 e. The first-order valence-corrected chi connectivity index (χ1v) is 6.04. The van der Waals surface area contributed by atoms with Gasteiger partial charge in [0.2, 0.25) is 0 Å². The lowest BCUT2D eigenvalue weighted by molar-refractivity contribution is 1.08. The molecule has 0 spiro atoms. The SMILES string of the molecule is CCC1=CC2=CC=C(C3=CC=CC=CN3)C2=C1. The Bertz CT molecular complexity index is 560. The second-order valence-corrected chi connectivity index (χ2v) is 4.30. The van der Waals surface area contributed by atoms with Crippen LogP contribution in [0.4, 0.5) is 0 Å². The molecule has 0 aromatic rings. The average Bonchev–Trinajstić information content (AvgIpc) is 2.80. The van der Waals surface area contributed by atoms with Gasteiger partial charge in [0.15, 0.2) is 0 Å². The van der Waals surface area contributed by atoms with E-state index in [1.807, 2.05) is 18.4 Å². The zero-order valence-electron chi connectivity index (χ0n) is 9.90. The second-order valence-electron chi connectivity index (χ2n) is 4.30. The van der Waals surface area contributed by atoms with Gasteiger partial charge in [-0.25, -0.2) is 0 Å². The van der Waals surface area contributed by atoms with Crippen LogP contribution in [0.25, 0.3) is 0 Å². The van der Waals surface area contributed by atoms with Crippen molar-refractivity contribution in [1.29, 1.82) is 0 Å². The molecule has 0 aromatic carbocycles. The van der Waals surface area contributed by atoms with E-state index in [-0.39, 0.29) is 0 Å². The molecule has 0 atom stereocenters. The highest BCUT2D eigenvalue weighted by Crippen LogP contribution is 2.37. The van der Waals surface area contributed by atoms with Crippen molar-refractivity contribution in [3.8, 4) is 0 Å². The number of nitrogens with one attached hydrogen (secondary N) is 1. The third kappa shape index (κ3) is 1.74. The third-order valence-corrected chi connectivity index (χ3v) is 3.22. The highest BCUT2D eigenvalue weighted by molar-refractivity contribution is 5.71. The van der Waals surface area contributed by atoms with Crippen molar-refractivity contribution in [2.75, 3.05) is 0 Å². The van der Waals surface area contributed by atoms with Gasteiger partial charge in [0.05, 0.1) is 0 Å². The number of rotatable bonds is 2. The molecule has 1 heteroatoms. The summed E-state index contributed by atoms with van der Waals surface area (Å²) < 4.78 is 0. The summed E-state index contributed by atoms with van der Waals surface area (Å²) in [5, 5.41) is 3.32. The minimum atomic E-state index is 1.10. The third-order valence-electron chi connectivity index (χ3n) is 3.22. The Labute approximate surface area is 102 Å². The van der Waals surface area contributed by atoms with Crippen LogP contribution < -0.4 is 5.32 Å². The van der Waals surface area contributed by atoms with Crippen LogP contribution in [0.15, 0.2) is 82.8 Å². The fourth-order valence-corrected chi connectivity index (χ4v) is 2.29. The van der Waals surface area contributed by atoms with Gasteiger partial charge < -0.3 is 5.32 Å². The lowest BCUT2D eigenvalue weighted by atomic mass is 10.0. The van der Waals surface area contributed by atoms with Gasteiger partial charge >= 0.3 is 0 Å². The molecule has 1 N–H and O–H groups in total. The standard InChI is InChI=1S/C16H15N/c1-2-12-10-13-7-8-14(15(13)11-12)16-6-4-3-5-9-17-16/h3-11,17H,2H2,1H3. The molecule has 0 radical (unpaired) electrons. The van der Waals surface area contributed by atoms with Crippen molar-refractivity contribution >= 4 is 0 Å². The van der Waals surface area contributed by atoms with Gasteiger partial charge in [0.25, 0.3) is 0 Å². The quantitative estimate of drug-likeness (QED) is 0.750. The van der Waals surface area contributed by atoms with Crippen LogP contribution in [-0.2, 0) is 0 Å². The van der Waals surface area contributed by atoms with Crippen molar-refractivity contribution in [1.82, 2.24) is 5.32 Å². The molecule has 0 aromatic heterocycles. The molecule has 3 aliphatic rings. The minimum absolute atomic E-state index is 1.10. The Hall–Kier alpha value is -2.02. The number of allylic oxidation sites excluding steroid dienone is 11. The largest absolute Gasteiger partial charge is 0.361 e. The average molecular weight is 221 g/mol. The summed E-state index contributed by atoms with van der Waals surface area (Å²) in [4.78, 5) is 0. The monoisotopic (exact) mass is 221 g/mol. The summed E-state index contributed by atoms with van der Waals surface area (Å²) in [5.41, 5.74) is 6.56. The van der Waals surface area contributed by atoms with Gasteiger partial charge in [-0.15, -0.1) is 0 Å². The maximum atomic E-state index is 3.32. The molecule has 84 valence electrons. The van der Waals surface area contributed by atoms with Gasteiger partial charge in [0, 0.05) is 17.5 Å². The van der Waals surface area contributed by atoms with E-state index in [2.05, 4.69) is 48.7 Å². The van der Waals surface area contributed by atoms with Crippen molar-refractivity contribution in [2.45, 2.75) is 13.3 Å². The van der Waals surface area contributed by atoms with Gasteiger partial charge in [0.1, 0.15) is 0 Å². The van der Waals surface area contributed by atoms with Crippen molar-refractivity contribution in [2.24, 2.45) is 0 Å². The van der Waals surface area contributed by atoms with E-state index in [0.717, 1.165) is 6.42 Å². The maximum absolute atomic E-state index is 3.32. The molecule has 17 heavy (non-hydrogen) atoms. The van der Waals surface area contributed by atoms with Gasteiger partial charge in [-0.1, -0.05) is 43.4 Å². The number of hydrogen-bond donors (Lipinski definition) is 1. The summed E-state index contributed by atoms with van der Waals surface area (Å²) in [6, 6.07) is 0. The van der Waals surface area contributed by atoms with E-state index >= 15 is 0 Å². The highest BCUT2D eigenvalue weighted by atomic mass is 14.9. The Morgan fingerprint density at radius 1 is 0.941 bits per heavy atom. The van der Waals surface area contributed by atoms with Crippen LogP contribution in [0.2, 0.25) is 0 Å². The minimum Gasteiger partial charge on any atom is -0.361 e. The van der Waals surface area contributed by atoms with Crippen LogP contribution in [0.5, 0.6) is 0 Å². The Morgan fingerprint density at radius 3 is 2.76 bits per heavy atom. The lowest BCUT2D eigenvalue weighted by Gasteiger charge is -2.09. The smallest absolute Gasteiger partial charge is 0.0459 e. The van der Waals surface area contributed by atoms with Crippen LogP contribution >= 0.6 is 0 Å². The molecule has 0 fully saturated rings. The van der Waals surface area contributed by atoms with E-state index in [1.54, 1.807) is 0 Å². The van der Waals surface area contributed by atoms with Crippen molar-refractivity contribution < 1.29 is 0 Å². The van der Waals surface area contributed by atoms with Crippen molar-refractivity contribution in [3.05, 3.63) is 82.8 Å². The molecule has 1 heterocycles. The van der Waals surface area contributed by atoms with E-state index < -0.39 is 0 Å². The molecule has 0 amide bonds. The summed E-state index contributed by atoms with van der Waals surface area (Å²) in [6.45, 7) is 2.20. The molecule has 0 bridgehead atoms. The topological polar surface area (TPSA) is 12.0 Å². The fraction of sp³-hybridized carbons (Fsp3) is 0.125. The molecular weight excluding hydrogens is 206 g/mol. The predicted molar refractivity (Wildman–Crippen MR) is 72.1 cm³/mol. The highest BCUT2D eigenvalue weighted by Gasteiger charge is 2.21. The van der Waals surface area contributed by atoms with Gasteiger partial charge in [-0.3, -0.25) is 0 Å². The van der Waals surface area contributed by atoms with E-state index in [4.69, 9.17) is 0 Å². The molecule has 2 aliphatic carbocycles. The first kappa shape index (κ1) is 10.2. The number of hydrogen-bond acceptors (Lipinski definition) is 1. The zero-order chi connectivity index (χ0) is 11.7. The Kier molecular flexibility index (Phi) is 2.45. The van der Waals surface area contributed by atoms with Gasteiger partial charge in [-0.2, -0.15) is 0 Å². The molecule has 0 saturated heterocycles. The Morgan fingerprint density at radius 2 is 1.88 bits per heavy atom. The molecule has 0 saturated carbocycles. The number of fused-ring (bicyclic) bond motifs is 1. The predicted octanol–water partition coefficient (Wildman–Crippen LogP) is 3.69. The molecule has 3 rings (SSSR count). The summed E-state index contributed by atoms with van der Waals surface area (Å²) in [5.74, 6) is 0. The van der Waals surface area contributed by atoms with Crippen LogP contribution in [0.3, 0.4) is 0 Å². The van der Waals surface area contributed by atoms with E-state index in [1.165, 1.54) is 28.0 Å². The molecule has 1 aliphatic heterocycles. The first-order valence-electron chi connectivity index (χ1n) is 6.04. The molecule has 0 unspecified atom stereocenters. The molecular formula is C16H15N. The van der Waals surface area contributed by atoms with Crippen molar-refractivity contribution in [3.63, 3.8) is 0 Å². The Balaban J connectivity index is 1.91. The second kappa shape index (κ2) is 4.10. The fourth-order valence-electron chi connectivity index (χ4n) is 2.29. The van der Waals surface area contributed by atoms with E-state index in [0.29, 0.717) is 0 Å². The zero-order valence-corrected chi connectivity index (χ0v) is 9.90. The summed E-state index contributed by atoms with van der Waals surface area (Å²) in [7, 11) is 0. The first-order chi connectivity index (χ1) is 8.38. The lowest BCUT2D eigenvalue weighted by Crippen LogP contribution is -2.07. The van der Waals surface area contributed by atoms with Crippen LogP contribution in [0, 0.1) is 0 Å². The van der Waals surface area contributed by atoms with Crippen LogP contribution in [-0.4, -0.2) is 0 Å². The molecule has 1 nitrogen and oxygen atoms in total. The summed E-state index contributed by atoms with van der Waals surface area (Å²) in [6.07, 6.45) is 20.3. The van der Waals surface area contributed by atoms with Crippen LogP contribution in [0.1, 0.15) is 13.3 Å². The normalized spacial score (nSPS) is 20.9. The summed E-state index contributed by atoms with van der Waals surface area (Å²) >= 11 is 0. The van der Waals surface area contributed by atoms with E-state index in [9.17, 15) is 0 Å².